The molecule has 0 spiro atoms. The van der Waals surface area contributed by atoms with E-state index in [0.717, 1.165) is 22.3 Å². The lowest BCUT2D eigenvalue weighted by Gasteiger charge is -2.32. The van der Waals surface area contributed by atoms with Gasteiger partial charge in [0.05, 0.1) is 22.2 Å². The molecule has 0 amide bonds. The molecule has 0 saturated carbocycles. The summed E-state index contributed by atoms with van der Waals surface area (Å²) in [5, 5.41) is 0. The largest absolute Gasteiger partial charge is 0.494 e. The molecule has 3 rings (SSSR count). The molecule has 1 aromatic carbocycles. The van der Waals surface area contributed by atoms with Crippen LogP contribution in [0.1, 0.15) is 33.5 Å². The van der Waals surface area contributed by atoms with Gasteiger partial charge in [-0.05, 0) is 52.2 Å². The molecule has 1 saturated heterocycles. The highest BCUT2D eigenvalue weighted by atomic mass is 16.7. The second-order valence-electron chi connectivity index (χ2n) is 6.57. The summed E-state index contributed by atoms with van der Waals surface area (Å²) >= 11 is 0. The van der Waals surface area contributed by atoms with Crippen molar-refractivity contribution in [2.24, 2.45) is 7.05 Å². The lowest BCUT2D eigenvalue weighted by Crippen LogP contribution is -2.41. The summed E-state index contributed by atoms with van der Waals surface area (Å²) in [5.41, 5.74) is 2.34. The fourth-order valence-corrected chi connectivity index (χ4v) is 2.54. The zero-order chi connectivity index (χ0) is 15.4. The van der Waals surface area contributed by atoms with Gasteiger partial charge in [0.2, 0.25) is 0 Å². The minimum absolute atomic E-state index is 0.330. The van der Waals surface area contributed by atoms with E-state index in [1.807, 2.05) is 23.7 Å². The number of benzene rings is 1. The summed E-state index contributed by atoms with van der Waals surface area (Å²) < 4.78 is 14.2. The molecule has 4 nitrogen and oxygen atoms in total. The average molecular weight is 284 g/mol. The third-order valence-corrected chi connectivity index (χ3v) is 4.65. The lowest BCUT2D eigenvalue weighted by atomic mass is 9.79. The van der Waals surface area contributed by atoms with Crippen molar-refractivity contribution >= 4 is 23.6 Å². The molecule has 21 heavy (non-hydrogen) atoms. The van der Waals surface area contributed by atoms with Gasteiger partial charge in [-0.3, -0.25) is 0 Å². The maximum Gasteiger partial charge on any atom is 0.494 e. The minimum Gasteiger partial charge on any atom is -0.399 e. The van der Waals surface area contributed by atoms with Crippen molar-refractivity contribution in [3.05, 3.63) is 37.4 Å². The van der Waals surface area contributed by atoms with E-state index in [-0.39, 0.29) is 18.3 Å². The van der Waals surface area contributed by atoms with Crippen LogP contribution in [0.5, 0.6) is 0 Å². The Bertz CT molecular complexity index is 675. The molecule has 2 heterocycles. The van der Waals surface area contributed by atoms with Crippen molar-refractivity contribution in [1.29, 1.82) is 0 Å². The van der Waals surface area contributed by atoms with Crippen LogP contribution < -0.4 is 5.46 Å². The third-order valence-electron chi connectivity index (χ3n) is 4.65. The van der Waals surface area contributed by atoms with Gasteiger partial charge >= 0.3 is 7.12 Å². The first-order valence-corrected chi connectivity index (χ1v) is 7.19. The molecule has 1 aliphatic heterocycles. The lowest BCUT2D eigenvalue weighted by molar-refractivity contribution is 0.00578. The third kappa shape index (κ3) is 2.19. The Morgan fingerprint density at radius 3 is 2.38 bits per heavy atom. The van der Waals surface area contributed by atoms with Gasteiger partial charge < -0.3 is 13.9 Å². The predicted molar refractivity (Wildman–Crippen MR) is 85.2 cm³/mol. The van der Waals surface area contributed by atoms with Crippen LogP contribution in [0.2, 0.25) is 0 Å². The summed E-state index contributed by atoms with van der Waals surface area (Å²) in [4.78, 5) is 4.57. The Morgan fingerprint density at radius 2 is 1.81 bits per heavy atom. The van der Waals surface area contributed by atoms with Crippen LogP contribution in [0.25, 0.3) is 11.0 Å². The topological polar surface area (TPSA) is 36.3 Å². The van der Waals surface area contributed by atoms with Gasteiger partial charge in [-0.25, -0.2) is 4.98 Å². The SMILES string of the molecule is [CH2][CH]c1nc2cc(B3OC(C)(C)C(C)(C)O3)ccc2n1C. The van der Waals surface area contributed by atoms with Crippen molar-refractivity contribution in [2.75, 3.05) is 0 Å². The highest BCUT2D eigenvalue weighted by Crippen LogP contribution is 2.36. The molecule has 5 heteroatoms. The Morgan fingerprint density at radius 1 is 1.19 bits per heavy atom. The Labute approximate surface area is 126 Å². The van der Waals surface area contributed by atoms with Crippen LogP contribution in [-0.2, 0) is 16.4 Å². The second-order valence-corrected chi connectivity index (χ2v) is 6.57. The number of aromatic nitrogens is 2. The molecular formula is C16H21BN2O2. The first kappa shape index (κ1) is 14.6. The van der Waals surface area contributed by atoms with E-state index < -0.39 is 0 Å². The second kappa shape index (κ2) is 4.58. The monoisotopic (exact) mass is 284 g/mol. The average Bonchev–Trinajstić information content (AvgIpc) is 2.84. The molecule has 0 aliphatic carbocycles. The summed E-state index contributed by atoms with van der Waals surface area (Å²) in [6.07, 6.45) is 1.76. The Hall–Kier alpha value is -1.33. The van der Waals surface area contributed by atoms with Gasteiger partial charge in [0.1, 0.15) is 5.82 Å². The number of imidazole rings is 1. The molecule has 2 aromatic rings. The number of fused-ring (bicyclic) bond motifs is 1. The first-order valence-electron chi connectivity index (χ1n) is 7.19. The van der Waals surface area contributed by atoms with E-state index >= 15 is 0 Å². The van der Waals surface area contributed by atoms with Crippen LogP contribution in [0.15, 0.2) is 18.2 Å². The molecule has 2 radical (unpaired) electrons. The zero-order valence-corrected chi connectivity index (χ0v) is 13.3. The number of hydrogen-bond acceptors (Lipinski definition) is 3. The van der Waals surface area contributed by atoms with E-state index in [1.54, 1.807) is 6.42 Å². The van der Waals surface area contributed by atoms with E-state index in [2.05, 4.69) is 45.7 Å². The highest BCUT2D eigenvalue weighted by Gasteiger charge is 2.51. The van der Waals surface area contributed by atoms with Crippen molar-refractivity contribution in [2.45, 2.75) is 38.9 Å². The molecular weight excluding hydrogens is 263 g/mol. The standard InChI is InChI=1S/C16H21BN2O2/c1-7-14-18-12-10-11(8-9-13(12)19(14)6)17-20-15(2,3)16(4,5)21-17/h7-10H,1H2,2-6H3. The maximum atomic E-state index is 6.09. The van der Waals surface area contributed by atoms with Gasteiger partial charge in [0.25, 0.3) is 0 Å². The van der Waals surface area contributed by atoms with Crippen molar-refractivity contribution in [3.63, 3.8) is 0 Å². The Balaban J connectivity index is 1.99. The fraction of sp³-hybridized carbons (Fsp3) is 0.438. The van der Waals surface area contributed by atoms with Crippen LogP contribution in [0.3, 0.4) is 0 Å². The van der Waals surface area contributed by atoms with Crippen molar-refractivity contribution in [3.8, 4) is 0 Å². The van der Waals surface area contributed by atoms with Gasteiger partial charge in [-0.15, -0.1) is 0 Å². The van der Waals surface area contributed by atoms with Gasteiger partial charge in [0, 0.05) is 13.5 Å². The number of rotatable bonds is 2. The quantitative estimate of drug-likeness (QED) is 0.794. The molecule has 1 fully saturated rings. The van der Waals surface area contributed by atoms with E-state index in [1.165, 1.54) is 0 Å². The summed E-state index contributed by atoms with van der Waals surface area (Å²) in [6, 6.07) is 6.12. The molecule has 1 aliphatic rings. The van der Waals surface area contributed by atoms with E-state index in [0.29, 0.717) is 0 Å². The molecule has 0 unspecified atom stereocenters. The minimum atomic E-state index is -0.353. The molecule has 0 atom stereocenters. The number of nitrogens with zero attached hydrogens (tertiary/aromatic N) is 2. The highest BCUT2D eigenvalue weighted by molar-refractivity contribution is 6.62. The fourth-order valence-electron chi connectivity index (χ4n) is 2.54. The zero-order valence-electron chi connectivity index (χ0n) is 13.3. The predicted octanol–water partition coefficient (Wildman–Crippen LogP) is 2.26. The summed E-state index contributed by atoms with van der Waals surface area (Å²) in [7, 11) is 1.63. The number of hydrogen-bond donors (Lipinski definition) is 0. The summed E-state index contributed by atoms with van der Waals surface area (Å²) in [6.45, 7) is 12.0. The molecule has 1 aromatic heterocycles. The molecule has 0 N–H and O–H groups in total. The molecule has 0 bridgehead atoms. The maximum absolute atomic E-state index is 6.09. The van der Waals surface area contributed by atoms with E-state index in [4.69, 9.17) is 9.31 Å². The van der Waals surface area contributed by atoms with Crippen LogP contribution in [0, 0.1) is 13.3 Å². The smallest absolute Gasteiger partial charge is 0.399 e. The first-order chi connectivity index (χ1) is 9.75. The normalized spacial score (nSPS) is 20.4. The number of aryl methyl sites for hydroxylation is 1. The van der Waals surface area contributed by atoms with Crippen LogP contribution >= 0.6 is 0 Å². The summed E-state index contributed by atoms with van der Waals surface area (Å²) in [5.74, 6) is 0.857. The van der Waals surface area contributed by atoms with Crippen molar-refractivity contribution < 1.29 is 9.31 Å². The Kier molecular flexibility index (Phi) is 3.19. The van der Waals surface area contributed by atoms with E-state index in [9.17, 15) is 0 Å². The molecule has 110 valence electrons. The van der Waals surface area contributed by atoms with Crippen molar-refractivity contribution in [1.82, 2.24) is 9.55 Å². The van der Waals surface area contributed by atoms with Gasteiger partial charge in [-0.1, -0.05) is 6.07 Å². The van der Waals surface area contributed by atoms with Gasteiger partial charge in [-0.2, -0.15) is 0 Å². The van der Waals surface area contributed by atoms with Crippen LogP contribution in [0.4, 0.5) is 0 Å². The van der Waals surface area contributed by atoms with Crippen LogP contribution in [-0.4, -0.2) is 27.9 Å². The van der Waals surface area contributed by atoms with Gasteiger partial charge in [0.15, 0.2) is 0 Å².